The number of benzene rings is 1. The average Bonchev–Trinajstić information content (AvgIpc) is 2.90. The molecule has 3 heterocycles. The van der Waals surface area contributed by atoms with E-state index >= 15 is 0 Å². The van der Waals surface area contributed by atoms with Crippen LogP contribution in [0, 0.1) is 17.8 Å². The maximum atomic E-state index is 13.6. The molecule has 0 bridgehead atoms. The normalized spacial score (nSPS) is 18.4. The van der Waals surface area contributed by atoms with Gasteiger partial charge < -0.3 is 14.7 Å². The van der Waals surface area contributed by atoms with E-state index in [1.54, 1.807) is 23.4 Å². The van der Waals surface area contributed by atoms with Crippen LogP contribution in [-0.2, 0) is 6.54 Å². The van der Waals surface area contributed by atoms with Crippen LogP contribution in [0.4, 0.5) is 0 Å². The third kappa shape index (κ3) is 6.28. The second-order valence-electron chi connectivity index (χ2n) is 9.33. The molecule has 0 unspecified atom stereocenters. The number of aromatic nitrogens is 2. The highest BCUT2D eigenvalue weighted by molar-refractivity contribution is 5.97. The van der Waals surface area contributed by atoms with E-state index in [-0.39, 0.29) is 30.6 Å². The monoisotopic (exact) mass is 484 g/mol. The van der Waals surface area contributed by atoms with Gasteiger partial charge in [-0.2, -0.15) is 0 Å². The Hall–Kier alpha value is -3.73. The number of carbonyl (C=O) groups is 1. The second-order valence-corrected chi connectivity index (χ2v) is 9.33. The van der Waals surface area contributed by atoms with Crippen LogP contribution in [0.2, 0.25) is 0 Å². The Kier molecular flexibility index (Phi) is 8.32. The van der Waals surface area contributed by atoms with Crippen LogP contribution >= 0.6 is 0 Å². The lowest BCUT2D eigenvalue weighted by molar-refractivity contribution is 0.0324. The third-order valence-corrected chi connectivity index (χ3v) is 6.30. The summed E-state index contributed by atoms with van der Waals surface area (Å²) in [5, 5.41) is 9.86. The first-order valence-corrected chi connectivity index (χ1v) is 12.2. The lowest BCUT2D eigenvalue weighted by Crippen LogP contribution is -2.49. The number of likely N-dealkylation sites (N-methyl/N-ethyl adjacent to an activating group) is 1. The van der Waals surface area contributed by atoms with E-state index in [9.17, 15) is 9.90 Å². The minimum absolute atomic E-state index is 0.0154. The number of carbonyl (C=O) groups excluding carboxylic acids is 1. The summed E-state index contributed by atoms with van der Waals surface area (Å²) in [6.45, 7) is 5.55. The van der Waals surface area contributed by atoms with Crippen molar-refractivity contribution in [2.75, 3.05) is 26.7 Å². The molecule has 1 aliphatic heterocycles. The molecule has 0 radical (unpaired) electrons. The zero-order chi connectivity index (χ0) is 25.5. The SMILES string of the molecule is C[C@H](CO)N1C[C@H](C)[C@@H](CN(C)Cc2ccccn2)Oc2ncc(C#Cc3ccccc3)cc2C1=O. The van der Waals surface area contributed by atoms with Gasteiger partial charge in [0.25, 0.3) is 5.91 Å². The summed E-state index contributed by atoms with van der Waals surface area (Å²) >= 11 is 0. The molecule has 0 saturated heterocycles. The predicted octanol–water partition coefficient (Wildman–Crippen LogP) is 3.23. The van der Waals surface area contributed by atoms with Crippen LogP contribution < -0.4 is 4.74 Å². The number of ether oxygens (including phenoxy) is 1. The Morgan fingerprint density at radius 1 is 1.14 bits per heavy atom. The van der Waals surface area contributed by atoms with Crippen LogP contribution in [0.25, 0.3) is 0 Å². The largest absolute Gasteiger partial charge is 0.472 e. The van der Waals surface area contributed by atoms with Crippen molar-refractivity contribution in [3.8, 4) is 17.7 Å². The molecule has 0 aliphatic carbocycles. The zero-order valence-corrected chi connectivity index (χ0v) is 21.0. The highest BCUT2D eigenvalue weighted by Crippen LogP contribution is 2.27. The fourth-order valence-electron chi connectivity index (χ4n) is 4.19. The zero-order valence-electron chi connectivity index (χ0n) is 21.0. The Morgan fingerprint density at radius 3 is 2.61 bits per heavy atom. The number of hydrogen-bond acceptors (Lipinski definition) is 6. The quantitative estimate of drug-likeness (QED) is 0.542. The molecule has 1 aliphatic rings. The maximum Gasteiger partial charge on any atom is 0.259 e. The average molecular weight is 485 g/mol. The molecule has 7 nitrogen and oxygen atoms in total. The molecule has 0 spiro atoms. The van der Waals surface area contributed by atoms with Crippen LogP contribution in [0.3, 0.4) is 0 Å². The van der Waals surface area contributed by atoms with E-state index in [2.05, 4.69) is 33.6 Å². The van der Waals surface area contributed by atoms with Crippen molar-refractivity contribution in [2.45, 2.75) is 32.5 Å². The maximum absolute atomic E-state index is 13.6. The summed E-state index contributed by atoms with van der Waals surface area (Å²) in [6, 6.07) is 16.9. The lowest BCUT2D eigenvalue weighted by Gasteiger charge is -2.37. The van der Waals surface area contributed by atoms with Crippen molar-refractivity contribution in [3.05, 3.63) is 89.4 Å². The van der Waals surface area contributed by atoms with Crippen molar-refractivity contribution in [1.29, 1.82) is 0 Å². The van der Waals surface area contributed by atoms with Gasteiger partial charge in [-0.1, -0.05) is 43.0 Å². The third-order valence-electron chi connectivity index (χ3n) is 6.30. The highest BCUT2D eigenvalue weighted by atomic mass is 16.5. The van der Waals surface area contributed by atoms with Gasteiger partial charge in [0, 0.05) is 49.1 Å². The fourth-order valence-corrected chi connectivity index (χ4v) is 4.19. The van der Waals surface area contributed by atoms with E-state index in [0.29, 0.717) is 36.6 Å². The number of aliphatic hydroxyl groups excluding tert-OH is 1. The van der Waals surface area contributed by atoms with Gasteiger partial charge in [-0.15, -0.1) is 0 Å². The smallest absolute Gasteiger partial charge is 0.259 e. The highest BCUT2D eigenvalue weighted by Gasteiger charge is 2.34. The molecule has 1 aromatic carbocycles. The van der Waals surface area contributed by atoms with Crippen molar-refractivity contribution < 1.29 is 14.6 Å². The number of rotatable bonds is 6. The summed E-state index contributed by atoms with van der Waals surface area (Å²) in [4.78, 5) is 26.4. The van der Waals surface area contributed by atoms with Crippen molar-refractivity contribution in [1.82, 2.24) is 19.8 Å². The summed E-state index contributed by atoms with van der Waals surface area (Å²) in [5.41, 5.74) is 2.85. The molecule has 3 atom stereocenters. The molecule has 4 rings (SSSR count). The Morgan fingerprint density at radius 2 is 1.89 bits per heavy atom. The molecule has 186 valence electrons. The summed E-state index contributed by atoms with van der Waals surface area (Å²) in [5.74, 6) is 6.31. The van der Waals surface area contributed by atoms with Gasteiger partial charge in [-0.05, 0) is 44.3 Å². The first-order valence-electron chi connectivity index (χ1n) is 12.2. The number of fused-ring (bicyclic) bond motifs is 1. The number of hydrogen-bond donors (Lipinski definition) is 1. The first-order chi connectivity index (χ1) is 17.4. The first kappa shape index (κ1) is 25.4. The lowest BCUT2D eigenvalue weighted by atomic mass is 10.00. The molecule has 1 N–H and O–H groups in total. The minimum atomic E-state index is -0.336. The van der Waals surface area contributed by atoms with E-state index < -0.39 is 0 Å². The fraction of sp³-hybridized carbons (Fsp3) is 0.345. The van der Waals surface area contributed by atoms with Crippen LogP contribution in [0.1, 0.15) is 41.0 Å². The van der Waals surface area contributed by atoms with Gasteiger partial charge in [0.2, 0.25) is 5.88 Å². The van der Waals surface area contributed by atoms with E-state index in [0.717, 1.165) is 11.3 Å². The van der Waals surface area contributed by atoms with Crippen LogP contribution in [0.15, 0.2) is 67.0 Å². The van der Waals surface area contributed by atoms with E-state index in [4.69, 9.17) is 4.74 Å². The summed E-state index contributed by atoms with van der Waals surface area (Å²) in [7, 11) is 2.03. The predicted molar refractivity (Wildman–Crippen MR) is 138 cm³/mol. The molecular formula is C29H32N4O3. The Labute approximate surface area is 212 Å². The Balaban J connectivity index is 1.63. The number of aliphatic hydroxyl groups is 1. The number of amides is 1. The van der Waals surface area contributed by atoms with Crippen LogP contribution in [-0.4, -0.2) is 69.7 Å². The van der Waals surface area contributed by atoms with E-state index in [1.165, 1.54) is 0 Å². The molecule has 36 heavy (non-hydrogen) atoms. The van der Waals surface area contributed by atoms with Gasteiger partial charge in [0.1, 0.15) is 11.7 Å². The second kappa shape index (κ2) is 11.8. The summed E-state index contributed by atoms with van der Waals surface area (Å²) < 4.78 is 6.38. The van der Waals surface area contributed by atoms with Gasteiger partial charge in [0.05, 0.1) is 18.3 Å². The van der Waals surface area contributed by atoms with Crippen LogP contribution in [0.5, 0.6) is 5.88 Å². The number of pyridine rings is 2. The molecule has 0 fully saturated rings. The minimum Gasteiger partial charge on any atom is -0.472 e. The van der Waals surface area contributed by atoms with Gasteiger partial charge >= 0.3 is 0 Å². The topological polar surface area (TPSA) is 78.8 Å². The molecule has 7 heteroatoms. The standard InChI is InChI=1S/C29H32N4O3/c1-21-17-33(22(2)20-34)29(35)26-15-24(13-12-23-9-5-4-6-10-23)16-31-28(26)36-27(21)19-32(3)18-25-11-7-8-14-30-25/h4-11,14-16,21-22,27,34H,17-20H2,1-3H3/t21-,22+,27+/m0/s1. The van der Waals surface area contributed by atoms with Crippen molar-refractivity contribution >= 4 is 5.91 Å². The molecule has 0 saturated carbocycles. The van der Waals surface area contributed by atoms with Gasteiger partial charge in [-0.25, -0.2) is 4.98 Å². The van der Waals surface area contributed by atoms with Crippen molar-refractivity contribution in [2.24, 2.45) is 5.92 Å². The number of nitrogens with zero attached hydrogens (tertiary/aromatic N) is 4. The molecular weight excluding hydrogens is 452 g/mol. The molecule has 3 aromatic rings. The van der Waals surface area contributed by atoms with Crippen molar-refractivity contribution in [3.63, 3.8) is 0 Å². The Bertz CT molecular complexity index is 1220. The van der Waals surface area contributed by atoms with Gasteiger partial charge in [0.15, 0.2) is 0 Å². The van der Waals surface area contributed by atoms with Gasteiger partial charge in [-0.3, -0.25) is 14.7 Å². The molecule has 2 aromatic heterocycles. The van der Waals surface area contributed by atoms with E-state index in [1.807, 2.05) is 62.5 Å². The molecule has 1 amide bonds. The summed E-state index contributed by atoms with van der Waals surface area (Å²) in [6.07, 6.45) is 3.21.